The molecule has 0 spiro atoms. The van der Waals surface area contributed by atoms with Crippen LogP contribution in [0.4, 0.5) is 20.5 Å². The van der Waals surface area contributed by atoms with Gasteiger partial charge >= 0.3 is 5.97 Å². The van der Waals surface area contributed by atoms with Crippen LogP contribution < -0.4 is 10.6 Å². The minimum Gasteiger partial charge on any atom is -0.480 e. The molecule has 2 heterocycles. The van der Waals surface area contributed by atoms with E-state index in [0.717, 1.165) is 12.1 Å². The number of aliphatic carboxylic acids is 1. The van der Waals surface area contributed by atoms with E-state index in [1.807, 2.05) is 0 Å². The van der Waals surface area contributed by atoms with Crippen LogP contribution in [0.25, 0.3) is 11.4 Å². The van der Waals surface area contributed by atoms with E-state index in [-0.39, 0.29) is 19.0 Å². The first-order chi connectivity index (χ1) is 13.0. The SMILES string of the molecule is O=C(O)CNc1nc(NCc2ccc(F)c(F)c2)cc(-c2ccccn2)n1. The molecule has 3 rings (SSSR count). The van der Waals surface area contributed by atoms with Crippen LogP contribution in [0.2, 0.25) is 0 Å². The summed E-state index contributed by atoms with van der Waals surface area (Å²) in [5, 5.41) is 14.4. The zero-order valence-corrected chi connectivity index (χ0v) is 14.0. The molecule has 0 unspecified atom stereocenters. The van der Waals surface area contributed by atoms with Crippen LogP contribution >= 0.6 is 0 Å². The molecule has 0 radical (unpaired) electrons. The Kier molecular flexibility index (Phi) is 5.50. The van der Waals surface area contributed by atoms with Crippen molar-refractivity contribution >= 4 is 17.7 Å². The quantitative estimate of drug-likeness (QED) is 0.587. The van der Waals surface area contributed by atoms with Crippen molar-refractivity contribution in [1.82, 2.24) is 15.0 Å². The van der Waals surface area contributed by atoms with Crippen LogP contribution in [0, 0.1) is 11.6 Å². The Morgan fingerprint density at radius 1 is 1.00 bits per heavy atom. The molecular formula is C18H15F2N5O2. The van der Waals surface area contributed by atoms with E-state index in [4.69, 9.17) is 5.11 Å². The Morgan fingerprint density at radius 2 is 1.85 bits per heavy atom. The number of anilines is 2. The van der Waals surface area contributed by atoms with Crippen LogP contribution in [-0.2, 0) is 11.3 Å². The van der Waals surface area contributed by atoms with Gasteiger partial charge < -0.3 is 15.7 Å². The number of aromatic nitrogens is 3. The lowest BCUT2D eigenvalue weighted by molar-refractivity contribution is -0.134. The van der Waals surface area contributed by atoms with Gasteiger partial charge in [0.15, 0.2) is 11.6 Å². The molecule has 0 bridgehead atoms. The van der Waals surface area contributed by atoms with Crippen molar-refractivity contribution < 1.29 is 18.7 Å². The van der Waals surface area contributed by atoms with Crippen molar-refractivity contribution in [2.24, 2.45) is 0 Å². The normalized spacial score (nSPS) is 10.4. The molecule has 0 aliphatic rings. The maximum atomic E-state index is 13.3. The molecule has 0 aliphatic carbocycles. The third-order valence-electron chi connectivity index (χ3n) is 3.51. The van der Waals surface area contributed by atoms with Crippen LogP contribution in [-0.4, -0.2) is 32.6 Å². The number of nitrogens with one attached hydrogen (secondary N) is 2. The fourth-order valence-electron chi connectivity index (χ4n) is 2.26. The predicted octanol–water partition coefficient (Wildman–Crippen LogP) is 2.93. The van der Waals surface area contributed by atoms with Gasteiger partial charge in [-0.1, -0.05) is 12.1 Å². The van der Waals surface area contributed by atoms with Gasteiger partial charge in [-0.3, -0.25) is 9.78 Å². The van der Waals surface area contributed by atoms with Crippen LogP contribution in [0.3, 0.4) is 0 Å². The van der Waals surface area contributed by atoms with Crippen molar-refractivity contribution in [3.63, 3.8) is 0 Å². The minimum absolute atomic E-state index is 0.105. The van der Waals surface area contributed by atoms with E-state index < -0.39 is 17.6 Å². The minimum atomic E-state index is -1.06. The highest BCUT2D eigenvalue weighted by Crippen LogP contribution is 2.20. The summed E-state index contributed by atoms with van der Waals surface area (Å²) in [7, 11) is 0. The molecule has 27 heavy (non-hydrogen) atoms. The second-order valence-corrected chi connectivity index (χ2v) is 5.53. The number of carboxylic acids is 1. The molecular weight excluding hydrogens is 356 g/mol. The second kappa shape index (κ2) is 8.17. The van der Waals surface area contributed by atoms with E-state index in [9.17, 15) is 13.6 Å². The number of benzene rings is 1. The highest BCUT2D eigenvalue weighted by molar-refractivity contribution is 5.72. The molecule has 2 aromatic heterocycles. The van der Waals surface area contributed by atoms with Crippen molar-refractivity contribution in [2.45, 2.75) is 6.54 Å². The Bertz CT molecular complexity index is 954. The zero-order valence-electron chi connectivity index (χ0n) is 14.0. The molecule has 9 heteroatoms. The monoisotopic (exact) mass is 371 g/mol. The van der Waals surface area contributed by atoms with Gasteiger partial charge in [0.2, 0.25) is 5.95 Å². The lowest BCUT2D eigenvalue weighted by Crippen LogP contribution is -2.15. The molecule has 138 valence electrons. The van der Waals surface area contributed by atoms with E-state index in [1.165, 1.54) is 6.07 Å². The molecule has 3 aromatic rings. The highest BCUT2D eigenvalue weighted by atomic mass is 19.2. The van der Waals surface area contributed by atoms with Crippen molar-refractivity contribution in [3.8, 4) is 11.4 Å². The number of hydrogen-bond acceptors (Lipinski definition) is 6. The van der Waals surface area contributed by atoms with Gasteiger partial charge in [0.25, 0.3) is 0 Å². The Labute approximate surface area is 153 Å². The molecule has 3 N–H and O–H groups in total. The van der Waals surface area contributed by atoms with Gasteiger partial charge in [-0.15, -0.1) is 0 Å². The number of carbonyl (C=O) groups is 1. The number of pyridine rings is 1. The topological polar surface area (TPSA) is 100 Å². The smallest absolute Gasteiger partial charge is 0.322 e. The fourth-order valence-corrected chi connectivity index (χ4v) is 2.26. The number of nitrogens with zero attached hydrogens (tertiary/aromatic N) is 3. The van der Waals surface area contributed by atoms with Gasteiger partial charge in [0.05, 0.1) is 11.4 Å². The number of hydrogen-bond donors (Lipinski definition) is 3. The Morgan fingerprint density at radius 3 is 2.56 bits per heavy atom. The highest BCUT2D eigenvalue weighted by Gasteiger charge is 2.09. The van der Waals surface area contributed by atoms with Crippen LogP contribution in [0.1, 0.15) is 5.56 Å². The first-order valence-corrected chi connectivity index (χ1v) is 7.95. The van der Waals surface area contributed by atoms with E-state index in [0.29, 0.717) is 22.8 Å². The summed E-state index contributed by atoms with van der Waals surface area (Å²) in [5.74, 6) is -2.43. The molecule has 0 aliphatic heterocycles. The first-order valence-electron chi connectivity index (χ1n) is 7.95. The van der Waals surface area contributed by atoms with Crippen LogP contribution in [0.5, 0.6) is 0 Å². The first kappa shape index (κ1) is 18.2. The third kappa shape index (κ3) is 4.94. The molecule has 0 saturated heterocycles. The summed E-state index contributed by atoms with van der Waals surface area (Å²) >= 11 is 0. The predicted molar refractivity (Wildman–Crippen MR) is 95.1 cm³/mol. The Hall–Kier alpha value is -3.62. The molecule has 0 amide bonds. The summed E-state index contributed by atoms with van der Waals surface area (Å²) in [6, 6.07) is 10.5. The van der Waals surface area contributed by atoms with E-state index in [1.54, 1.807) is 30.5 Å². The zero-order chi connectivity index (χ0) is 19.2. The molecule has 0 fully saturated rings. The number of rotatable bonds is 7. The lowest BCUT2D eigenvalue weighted by Gasteiger charge is -2.11. The van der Waals surface area contributed by atoms with Crippen molar-refractivity contribution in [2.75, 3.05) is 17.2 Å². The molecule has 7 nitrogen and oxygen atoms in total. The van der Waals surface area contributed by atoms with Crippen molar-refractivity contribution in [3.05, 3.63) is 65.9 Å². The summed E-state index contributed by atoms with van der Waals surface area (Å²) in [6.07, 6.45) is 1.61. The maximum absolute atomic E-state index is 13.3. The van der Waals surface area contributed by atoms with E-state index >= 15 is 0 Å². The maximum Gasteiger partial charge on any atom is 0.322 e. The third-order valence-corrected chi connectivity index (χ3v) is 3.51. The van der Waals surface area contributed by atoms with Gasteiger partial charge in [-0.25, -0.2) is 13.8 Å². The summed E-state index contributed by atoms with van der Waals surface area (Å²) in [5.41, 5.74) is 1.58. The average molecular weight is 371 g/mol. The molecule has 1 aromatic carbocycles. The van der Waals surface area contributed by atoms with Gasteiger partial charge in [0, 0.05) is 18.8 Å². The Balaban J connectivity index is 1.84. The van der Waals surface area contributed by atoms with Crippen LogP contribution in [0.15, 0.2) is 48.7 Å². The van der Waals surface area contributed by atoms with E-state index in [2.05, 4.69) is 25.6 Å². The second-order valence-electron chi connectivity index (χ2n) is 5.53. The fraction of sp³-hybridized carbons (Fsp3) is 0.111. The standard InChI is InChI=1S/C18H15F2N5O2/c19-12-5-4-11(7-13(12)20)9-22-16-8-15(14-3-1-2-6-21-14)24-18(25-16)23-10-17(26)27/h1-8H,9-10H2,(H,26,27)(H2,22,23,24,25). The molecule has 0 atom stereocenters. The van der Waals surface area contributed by atoms with Gasteiger partial charge in [0.1, 0.15) is 12.4 Å². The largest absolute Gasteiger partial charge is 0.480 e. The summed E-state index contributed by atoms with van der Waals surface area (Å²) in [4.78, 5) is 23.4. The van der Waals surface area contributed by atoms with Gasteiger partial charge in [-0.05, 0) is 29.8 Å². The lowest BCUT2D eigenvalue weighted by atomic mass is 10.2. The molecule has 0 saturated carbocycles. The van der Waals surface area contributed by atoms with Gasteiger partial charge in [-0.2, -0.15) is 4.98 Å². The van der Waals surface area contributed by atoms with Crippen molar-refractivity contribution in [1.29, 1.82) is 0 Å². The summed E-state index contributed by atoms with van der Waals surface area (Å²) in [6.45, 7) is -0.164. The number of halogens is 2. The number of carboxylic acid groups (broad SMARTS) is 1. The summed E-state index contributed by atoms with van der Waals surface area (Å²) < 4.78 is 26.4. The average Bonchev–Trinajstić information content (AvgIpc) is 2.68.